The molecule has 1 aromatic carbocycles. The zero-order valence-electron chi connectivity index (χ0n) is 14.3. The Morgan fingerprint density at radius 1 is 1.08 bits per heavy atom. The zero-order chi connectivity index (χ0) is 17.2. The maximum absolute atomic E-state index is 12.7. The number of amides is 1. The predicted molar refractivity (Wildman–Crippen MR) is 93.9 cm³/mol. The monoisotopic (exact) mass is 350 g/mol. The fourth-order valence-electron chi connectivity index (χ4n) is 3.68. The average molecular weight is 350 g/mol. The van der Waals surface area contributed by atoms with Gasteiger partial charge >= 0.3 is 0 Å². The Morgan fingerprint density at radius 2 is 1.71 bits per heavy atom. The summed E-state index contributed by atoms with van der Waals surface area (Å²) < 4.78 is 26.9. The molecule has 1 aliphatic heterocycles. The highest BCUT2D eigenvalue weighted by molar-refractivity contribution is 7.88. The van der Waals surface area contributed by atoms with E-state index >= 15 is 0 Å². The van der Waals surface area contributed by atoms with Crippen molar-refractivity contribution in [3.8, 4) is 0 Å². The molecular formula is C18H26N2O3S. The Morgan fingerprint density at radius 3 is 2.33 bits per heavy atom. The van der Waals surface area contributed by atoms with Crippen LogP contribution in [0.5, 0.6) is 0 Å². The minimum absolute atomic E-state index is 0.0379. The van der Waals surface area contributed by atoms with Crippen LogP contribution in [0.15, 0.2) is 24.3 Å². The highest BCUT2D eigenvalue weighted by Gasteiger charge is 2.32. The van der Waals surface area contributed by atoms with Gasteiger partial charge in [-0.3, -0.25) is 4.79 Å². The highest BCUT2D eigenvalue weighted by Crippen LogP contribution is 2.27. The third kappa shape index (κ3) is 3.81. The van der Waals surface area contributed by atoms with Crippen LogP contribution < -0.4 is 0 Å². The summed E-state index contributed by atoms with van der Waals surface area (Å²) in [5, 5.41) is 0. The summed E-state index contributed by atoms with van der Waals surface area (Å²) in [4.78, 5) is 14.3. The SMILES string of the molecule is Cc1ccccc1CS(=O)(=O)N1CCN(C(=O)C2CCCC2)CC1. The average Bonchev–Trinajstić information content (AvgIpc) is 3.11. The van der Waals surface area contributed by atoms with Crippen molar-refractivity contribution in [1.82, 2.24) is 9.21 Å². The standard InChI is InChI=1S/C18H26N2O3S/c1-15-6-2-3-9-17(15)14-24(22,23)20-12-10-19(11-13-20)18(21)16-7-4-5-8-16/h2-3,6,9,16H,4-5,7-8,10-14H2,1H3. The fraction of sp³-hybridized carbons (Fsp3) is 0.611. The molecule has 0 atom stereocenters. The van der Waals surface area contributed by atoms with Crippen molar-refractivity contribution in [2.45, 2.75) is 38.4 Å². The van der Waals surface area contributed by atoms with Gasteiger partial charge in [-0.05, 0) is 30.9 Å². The molecule has 1 saturated carbocycles. The van der Waals surface area contributed by atoms with Crippen molar-refractivity contribution in [2.75, 3.05) is 26.2 Å². The topological polar surface area (TPSA) is 57.7 Å². The Hall–Kier alpha value is -1.40. The molecule has 0 unspecified atom stereocenters. The number of hydrogen-bond acceptors (Lipinski definition) is 3. The molecule has 132 valence electrons. The largest absolute Gasteiger partial charge is 0.340 e. The number of nitrogens with zero attached hydrogens (tertiary/aromatic N) is 2. The molecule has 0 spiro atoms. The van der Waals surface area contributed by atoms with Crippen LogP contribution in [-0.2, 0) is 20.6 Å². The lowest BCUT2D eigenvalue weighted by atomic mass is 10.1. The quantitative estimate of drug-likeness (QED) is 0.836. The van der Waals surface area contributed by atoms with Gasteiger partial charge in [-0.15, -0.1) is 0 Å². The maximum atomic E-state index is 12.7. The van der Waals surface area contributed by atoms with Crippen molar-refractivity contribution in [2.24, 2.45) is 5.92 Å². The number of benzene rings is 1. The lowest BCUT2D eigenvalue weighted by Gasteiger charge is -2.35. The van der Waals surface area contributed by atoms with Crippen LogP contribution >= 0.6 is 0 Å². The van der Waals surface area contributed by atoms with E-state index in [0.717, 1.165) is 36.8 Å². The van der Waals surface area contributed by atoms with Crippen LogP contribution in [0.1, 0.15) is 36.8 Å². The normalized spacial score (nSPS) is 20.5. The van der Waals surface area contributed by atoms with Gasteiger partial charge in [0.25, 0.3) is 0 Å². The number of carbonyl (C=O) groups excluding carboxylic acids is 1. The first kappa shape index (κ1) is 17.4. The summed E-state index contributed by atoms with van der Waals surface area (Å²) in [6, 6.07) is 7.59. The van der Waals surface area contributed by atoms with Crippen molar-refractivity contribution in [1.29, 1.82) is 0 Å². The molecule has 1 aliphatic carbocycles. The van der Waals surface area contributed by atoms with Crippen molar-refractivity contribution in [3.05, 3.63) is 35.4 Å². The molecule has 3 rings (SSSR count). The molecule has 0 N–H and O–H groups in total. The Bertz CT molecular complexity index is 688. The van der Waals surface area contributed by atoms with E-state index in [9.17, 15) is 13.2 Å². The number of hydrogen-bond donors (Lipinski definition) is 0. The van der Waals surface area contributed by atoms with Crippen LogP contribution in [0.4, 0.5) is 0 Å². The van der Waals surface area contributed by atoms with Crippen LogP contribution in [0, 0.1) is 12.8 Å². The number of rotatable bonds is 4. The molecule has 0 radical (unpaired) electrons. The van der Waals surface area contributed by atoms with Crippen molar-refractivity contribution >= 4 is 15.9 Å². The fourth-order valence-corrected chi connectivity index (χ4v) is 5.30. The van der Waals surface area contributed by atoms with E-state index < -0.39 is 10.0 Å². The third-order valence-corrected chi connectivity index (χ3v) is 7.08. The minimum Gasteiger partial charge on any atom is -0.340 e. The van der Waals surface area contributed by atoms with Crippen LogP contribution in [0.25, 0.3) is 0 Å². The molecule has 6 heteroatoms. The van der Waals surface area contributed by atoms with Gasteiger partial charge in [-0.2, -0.15) is 4.31 Å². The number of sulfonamides is 1. The smallest absolute Gasteiger partial charge is 0.225 e. The summed E-state index contributed by atoms with van der Waals surface area (Å²) >= 11 is 0. The predicted octanol–water partition coefficient (Wildman–Crippen LogP) is 2.16. The molecule has 2 aliphatic rings. The summed E-state index contributed by atoms with van der Waals surface area (Å²) in [7, 11) is -3.33. The van der Waals surface area contributed by atoms with Gasteiger partial charge in [0.05, 0.1) is 5.75 Å². The van der Waals surface area contributed by atoms with Crippen LogP contribution in [-0.4, -0.2) is 49.7 Å². The van der Waals surface area contributed by atoms with E-state index in [1.54, 1.807) is 0 Å². The van der Waals surface area contributed by atoms with E-state index in [2.05, 4.69) is 0 Å². The first-order chi connectivity index (χ1) is 11.5. The summed E-state index contributed by atoms with van der Waals surface area (Å²) in [6.45, 7) is 3.78. The van der Waals surface area contributed by atoms with Crippen molar-refractivity contribution < 1.29 is 13.2 Å². The summed E-state index contributed by atoms with van der Waals surface area (Å²) in [6.07, 6.45) is 4.26. The van der Waals surface area contributed by atoms with Gasteiger partial charge in [0.15, 0.2) is 0 Å². The lowest BCUT2D eigenvalue weighted by molar-refractivity contribution is -0.136. The van der Waals surface area contributed by atoms with E-state index in [4.69, 9.17) is 0 Å². The lowest BCUT2D eigenvalue weighted by Crippen LogP contribution is -2.51. The Labute approximate surface area is 144 Å². The zero-order valence-corrected chi connectivity index (χ0v) is 15.1. The Kier molecular flexibility index (Phi) is 5.25. The third-order valence-electron chi connectivity index (χ3n) is 5.25. The second-order valence-electron chi connectivity index (χ2n) is 6.89. The summed E-state index contributed by atoms with van der Waals surface area (Å²) in [5.41, 5.74) is 1.85. The first-order valence-electron chi connectivity index (χ1n) is 8.78. The summed E-state index contributed by atoms with van der Waals surface area (Å²) in [5.74, 6) is 0.430. The van der Waals surface area contributed by atoms with Crippen LogP contribution in [0.2, 0.25) is 0 Å². The molecule has 1 heterocycles. The van der Waals surface area contributed by atoms with E-state index in [1.807, 2.05) is 36.1 Å². The first-order valence-corrected chi connectivity index (χ1v) is 10.4. The van der Waals surface area contributed by atoms with Gasteiger partial charge < -0.3 is 4.90 Å². The molecular weight excluding hydrogens is 324 g/mol. The molecule has 1 saturated heterocycles. The number of carbonyl (C=O) groups is 1. The number of aryl methyl sites for hydroxylation is 1. The van der Waals surface area contributed by atoms with Gasteiger partial charge in [-0.25, -0.2) is 8.42 Å². The second kappa shape index (κ2) is 7.23. The van der Waals surface area contributed by atoms with Crippen molar-refractivity contribution in [3.63, 3.8) is 0 Å². The maximum Gasteiger partial charge on any atom is 0.225 e. The molecule has 24 heavy (non-hydrogen) atoms. The molecule has 2 fully saturated rings. The molecule has 1 aromatic rings. The molecule has 5 nitrogen and oxygen atoms in total. The van der Waals surface area contributed by atoms with E-state index in [1.165, 1.54) is 4.31 Å². The molecule has 0 bridgehead atoms. The minimum atomic E-state index is -3.33. The second-order valence-corrected chi connectivity index (χ2v) is 8.86. The van der Waals surface area contributed by atoms with Gasteiger partial charge in [0.2, 0.25) is 15.9 Å². The van der Waals surface area contributed by atoms with Gasteiger partial charge in [0, 0.05) is 32.1 Å². The van der Waals surface area contributed by atoms with Gasteiger partial charge in [-0.1, -0.05) is 37.1 Å². The van der Waals surface area contributed by atoms with E-state index in [-0.39, 0.29) is 17.6 Å². The Balaban J connectivity index is 1.59. The van der Waals surface area contributed by atoms with E-state index in [0.29, 0.717) is 26.2 Å². The van der Waals surface area contributed by atoms with Crippen LogP contribution in [0.3, 0.4) is 0 Å². The van der Waals surface area contributed by atoms with Gasteiger partial charge in [0.1, 0.15) is 0 Å². The highest BCUT2D eigenvalue weighted by atomic mass is 32.2. The number of piperazine rings is 1. The molecule has 1 amide bonds. The molecule has 0 aromatic heterocycles.